The molecule has 0 radical (unpaired) electrons. The van der Waals surface area contributed by atoms with Gasteiger partial charge in [-0.1, -0.05) is 18.2 Å². The number of rotatable bonds is 7. The molecule has 0 aromatic heterocycles. The number of aliphatic hydroxyl groups excluding tert-OH is 2. The van der Waals surface area contributed by atoms with Crippen molar-refractivity contribution in [3.05, 3.63) is 35.9 Å². The molecule has 1 saturated heterocycles. The Kier molecular flexibility index (Phi) is 7.58. The molecule has 1 heterocycles. The molecule has 2 unspecified atom stereocenters. The van der Waals surface area contributed by atoms with Gasteiger partial charge in [-0.05, 0) is 31.5 Å². The van der Waals surface area contributed by atoms with Crippen molar-refractivity contribution in [2.45, 2.75) is 66.7 Å². The van der Waals surface area contributed by atoms with Crippen LogP contribution in [-0.4, -0.2) is 134 Å². The van der Waals surface area contributed by atoms with Crippen molar-refractivity contribution in [1.29, 1.82) is 0 Å². The number of carbonyl (C=O) groups excluding carboxylic acids is 1. The van der Waals surface area contributed by atoms with E-state index in [0.717, 1.165) is 0 Å². The topological polar surface area (TPSA) is 147 Å². The van der Waals surface area contributed by atoms with Crippen LogP contribution < -0.4 is 0 Å². The molecule has 4 N–H and O–H groups in total. The number of esters is 1. The molecule has 0 amide bonds. The van der Waals surface area contributed by atoms with Crippen LogP contribution in [0.3, 0.4) is 0 Å². The number of benzene rings is 1. The standard InChI is InChI=1S/C31H43NO10.ClH/c1-32-13-28(14-38-2)17(33)11-18(39-3)30-16-12-29(36)25(42-27(35)15-9-7-6-8-10-15)19(16)31(37,24(34)26(29)41-5)20(23(30)32)21(40-4)22(28)30;/h6-10,16-26,33-34,36-37H,11-14H2,1-5H3;1H/t16-,17?,18+,19-,20?,21+,22-,23-,24+,25-,26+,28+,29+,30+,31-;/m0./s1. The summed E-state index contributed by atoms with van der Waals surface area (Å²) < 4.78 is 30.3. The molecule has 5 aliphatic carbocycles. The third-order valence-electron chi connectivity index (χ3n) is 12.6. The number of methoxy groups -OCH3 is 4. The number of hydrogen-bond acceptors (Lipinski definition) is 11. The number of aliphatic hydroxyl groups is 4. The maximum atomic E-state index is 13.5. The first-order chi connectivity index (χ1) is 20.0. The van der Waals surface area contributed by atoms with Gasteiger partial charge in [0.1, 0.15) is 29.5 Å². The van der Waals surface area contributed by atoms with Gasteiger partial charge in [0.2, 0.25) is 0 Å². The van der Waals surface area contributed by atoms with Crippen LogP contribution in [-0.2, 0) is 23.7 Å². The Morgan fingerprint density at radius 1 is 1.00 bits per heavy atom. The highest BCUT2D eigenvalue weighted by Crippen LogP contribution is 2.80. The Labute approximate surface area is 257 Å². The first-order valence-electron chi connectivity index (χ1n) is 14.9. The summed E-state index contributed by atoms with van der Waals surface area (Å²) in [7, 11) is 8.22. The maximum Gasteiger partial charge on any atom is 0.338 e. The number of nitrogens with zero attached hydrogens (tertiary/aromatic N) is 1. The summed E-state index contributed by atoms with van der Waals surface area (Å²) in [6.07, 6.45) is -5.28. The SMILES string of the molecule is COC[C@@]12CN(C)[C@H]3C4[C@@H](OC)[C@@H]1[C@]3([C@H](OC)CC2O)[C@H]1C[C@]2(O)[C@H](OC)[C@@H](O)[C@]4(O)[C@@H]1[C@@H]2OC(=O)c1ccccc1.Cl. The Bertz CT molecular complexity index is 1240. The van der Waals surface area contributed by atoms with Gasteiger partial charge in [-0.25, -0.2) is 4.79 Å². The number of piperidine rings is 1. The molecule has 12 heteroatoms. The molecule has 1 aliphatic heterocycles. The van der Waals surface area contributed by atoms with Gasteiger partial charge >= 0.3 is 5.97 Å². The van der Waals surface area contributed by atoms with Crippen molar-refractivity contribution in [3.8, 4) is 0 Å². The number of halogens is 1. The molecule has 1 spiro atoms. The summed E-state index contributed by atoms with van der Waals surface area (Å²) >= 11 is 0. The lowest BCUT2D eigenvalue weighted by molar-refractivity contribution is -0.318. The number of ether oxygens (including phenoxy) is 5. The molecular weight excluding hydrogens is 582 g/mol. The van der Waals surface area contributed by atoms with E-state index in [9.17, 15) is 25.2 Å². The first kappa shape index (κ1) is 31.6. The fourth-order valence-corrected chi connectivity index (χ4v) is 11.8. The van der Waals surface area contributed by atoms with Crippen molar-refractivity contribution >= 4 is 18.4 Å². The summed E-state index contributed by atoms with van der Waals surface area (Å²) in [5, 5.41) is 49.4. The maximum absolute atomic E-state index is 13.5. The van der Waals surface area contributed by atoms with Crippen molar-refractivity contribution in [2.75, 3.05) is 48.6 Å². The minimum atomic E-state index is -1.86. The molecule has 6 aliphatic rings. The fourth-order valence-electron chi connectivity index (χ4n) is 11.8. The molecule has 5 saturated carbocycles. The van der Waals surface area contributed by atoms with Gasteiger partial charge in [0.25, 0.3) is 0 Å². The average Bonchev–Trinajstić information content (AvgIpc) is 3.37. The molecule has 15 atom stereocenters. The van der Waals surface area contributed by atoms with Gasteiger partial charge in [0.15, 0.2) is 0 Å². The van der Waals surface area contributed by atoms with Crippen LogP contribution in [0, 0.1) is 34.5 Å². The summed E-state index contributed by atoms with van der Waals surface area (Å²) in [5.74, 6) is -2.96. The zero-order valence-corrected chi connectivity index (χ0v) is 26.0. The molecule has 11 nitrogen and oxygen atoms in total. The van der Waals surface area contributed by atoms with Crippen molar-refractivity contribution in [2.24, 2.45) is 34.5 Å². The Balaban J connectivity index is 0.00000329. The Morgan fingerprint density at radius 3 is 2.30 bits per heavy atom. The molecule has 1 aromatic carbocycles. The van der Waals surface area contributed by atoms with Crippen LogP contribution >= 0.6 is 12.4 Å². The quantitative estimate of drug-likeness (QED) is 0.306. The van der Waals surface area contributed by atoms with Gasteiger partial charge < -0.3 is 49.0 Å². The predicted octanol–water partition coefficient (Wildman–Crippen LogP) is 0.109. The summed E-state index contributed by atoms with van der Waals surface area (Å²) in [6.45, 7) is 0.760. The average molecular weight is 626 g/mol. The lowest BCUT2D eigenvalue weighted by Gasteiger charge is -2.69. The highest BCUT2D eigenvalue weighted by atomic mass is 35.5. The van der Waals surface area contributed by atoms with E-state index in [0.29, 0.717) is 18.5 Å². The second-order valence-corrected chi connectivity index (χ2v) is 13.7. The highest BCUT2D eigenvalue weighted by molar-refractivity contribution is 5.89. The minimum absolute atomic E-state index is 0. The lowest BCUT2D eigenvalue weighted by Crippen LogP contribution is -2.80. The van der Waals surface area contributed by atoms with E-state index in [1.807, 2.05) is 7.05 Å². The zero-order chi connectivity index (χ0) is 30.0. The van der Waals surface area contributed by atoms with Crippen molar-refractivity contribution in [1.82, 2.24) is 4.90 Å². The molecule has 43 heavy (non-hydrogen) atoms. The van der Waals surface area contributed by atoms with E-state index in [-0.39, 0.29) is 37.4 Å². The molecule has 1 aromatic rings. The number of likely N-dealkylation sites (tertiary alicyclic amines) is 1. The van der Waals surface area contributed by atoms with E-state index < -0.39 is 82.4 Å². The second kappa shape index (κ2) is 10.3. The molecule has 240 valence electrons. The van der Waals surface area contributed by atoms with Crippen molar-refractivity contribution < 1.29 is 48.9 Å². The van der Waals surface area contributed by atoms with Crippen LogP contribution in [0.25, 0.3) is 0 Å². The van der Waals surface area contributed by atoms with Crippen LogP contribution in [0.4, 0.5) is 0 Å². The van der Waals surface area contributed by atoms with E-state index in [4.69, 9.17) is 23.7 Å². The minimum Gasteiger partial charge on any atom is -0.455 e. The highest BCUT2D eigenvalue weighted by Gasteiger charge is 2.91. The Hall–Kier alpha value is -1.38. The normalized spacial score (nSPS) is 52.4. The third-order valence-corrected chi connectivity index (χ3v) is 12.6. The second-order valence-electron chi connectivity index (χ2n) is 13.7. The van der Waals surface area contributed by atoms with E-state index >= 15 is 0 Å². The number of carbonyl (C=O) groups is 1. The van der Waals surface area contributed by atoms with Gasteiger partial charge in [0.05, 0.1) is 30.5 Å². The largest absolute Gasteiger partial charge is 0.455 e. The van der Waals surface area contributed by atoms with Crippen LogP contribution in [0.5, 0.6) is 0 Å². The fraction of sp³-hybridized carbons (Fsp3) is 0.774. The molecule has 7 bridgehead atoms. The van der Waals surface area contributed by atoms with Crippen molar-refractivity contribution in [3.63, 3.8) is 0 Å². The Morgan fingerprint density at radius 2 is 1.70 bits per heavy atom. The van der Waals surface area contributed by atoms with Crippen LogP contribution in [0.1, 0.15) is 23.2 Å². The number of hydrogen-bond donors (Lipinski definition) is 4. The summed E-state index contributed by atoms with van der Waals surface area (Å²) in [4.78, 5) is 15.7. The van der Waals surface area contributed by atoms with Gasteiger partial charge in [-0.3, -0.25) is 0 Å². The van der Waals surface area contributed by atoms with Gasteiger partial charge in [-0.15, -0.1) is 12.4 Å². The summed E-state index contributed by atoms with van der Waals surface area (Å²) in [6, 6.07) is 8.22. The predicted molar refractivity (Wildman–Crippen MR) is 154 cm³/mol. The van der Waals surface area contributed by atoms with Crippen LogP contribution in [0.15, 0.2) is 30.3 Å². The van der Waals surface area contributed by atoms with Gasteiger partial charge in [-0.2, -0.15) is 0 Å². The van der Waals surface area contributed by atoms with E-state index in [1.54, 1.807) is 51.7 Å². The summed E-state index contributed by atoms with van der Waals surface area (Å²) in [5.41, 5.74) is -4.81. The lowest BCUT2D eigenvalue weighted by atomic mass is 9.42. The van der Waals surface area contributed by atoms with E-state index in [1.165, 1.54) is 7.11 Å². The first-order valence-corrected chi connectivity index (χ1v) is 14.9. The van der Waals surface area contributed by atoms with E-state index in [2.05, 4.69) is 4.90 Å². The number of fused-ring (bicyclic) bond motifs is 2. The van der Waals surface area contributed by atoms with Gasteiger partial charge in [0, 0.05) is 76.0 Å². The molecule has 7 rings (SSSR count). The third kappa shape index (κ3) is 3.44. The van der Waals surface area contributed by atoms with Crippen LogP contribution in [0.2, 0.25) is 0 Å². The molecular formula is C31H44ClNO10. The monoisotopic (exact) mass is 625 g/mol. The smallest absolute Gasteiger partial charge is 0.338 e. The molecule has 6 fully saturated rings. The zero-order valence-electron chi connectivity index (χ0n) is 25.2.